The third-order valence-corrected chi connectivity index (χ3v) is 5.05. The molecule has 3 aliphatic carbocycles. The predicted molar refractivity (Wildman–Crippen MR) is 75.6 cm³/mol. The van der Waals surface area contributed by atoms with Gasteiger partial charge in [-0.25, -0.2) is 0 Å². The third kappa shape index (κ3) is 2.19. The van der Waals surface area contributed by atoms with E-state index in [-0.39, 0.29) is 11.8 Å². The molecular formula is C16H22O5. The zero-order chi connectivity index (χ0) is 16.0. The summed E-state index contributed by atoms with van der Waals surface area (Å²) < 4.78 is 0. The Kier molecular flexibility index (Phi) is 3.72. The highest BCUT2D eigenvalue weighted by Gasteiger charge is 2.63. The number of aliphatic carboxylic acids is 2. The molecule has 1 fully saturated rings. The van der Waals surface area contributed by atoms with Gasteiger partial charge in [0.1, 0.15) is 0 Å². The molecule has 2 bridgehead atoms. The summed E-state index contributed by atoms with van der Waals surface area (Å²) >= 11 is 0. The molecule has 1 saturated carbocycles. The molecule has 3 rings (SSSR count). The van der Waals surface area contributed by atoms with Crippen LogP contribution in [0.3, 0.4) is 0 Å². The van der Waals surface area contributed by atoms with Crippen molar-refractivity contribution in [3.8, 4) is 0 Å². The number of carbonyl (C=O) groups excluding carboxylic acids is 1. The molecule has 5 heteroatoms. The number of Topliss-reactive ketones (excluding diaryl/α,β-unsaturated/α-hetero) is 1. The zero-order valence-corrected chi connectivity index (χ0v) is 12.6. The first-order valence-electron chi connectivity index (χ1n) is 7.31. The standard InChI is InChI=1S/C16H22O5/c1-15(2,3)16(13(18)19,14(20)21)12(17)11-8-9-4-6-10(11)7-5-9/h4,6,9-11H,5,7-8H2,1-3H3,(H,18,19)(H,20,21). The number of carboxylic acid groups (broad SMARTS) is 2. The van der Waals surface area contributed by atoms with Gasteiger partial charge in [-0.3, -0.25) is 14.4 Å². The number of rotatable bonds is 4. The Morgan fingerprint density at radius 1 is 1.00 bits per heavy atom. The van der Waals surface area contributed by atoms with Crippen molar-refractivity contribution in [1.29, 1.82) is 0 Å². The lowest BCUT2D eigenvalue weighted by atomic mass is 9.56. The Labute approximate surface area is 124 Å². The van der Waals surface area contributed by atoms with E-state index in [0.717, 1.165) is 12.8 Å². The Morgan fingerprint density at radius 3 is 1.86 bits per heavy atom. The van der Waals surface area contributed by atoms with E-state index in [2.05, 4.69) is 6.08 Å². The maximum Gasteiger partial charge on any atom is 0.329 e. The van der Waals surface area contributed by atoms with Crippen molar-refractivity contribution in [2.45, 2.75) is 40.0 Å². The van der Waals surface area contributed by atoms with Gasteiger partial charge in [-0.05, 0) is 36.5 Å². The van der Waals surface area contributed by atoms with Gasteiger partial charge in [-0.2, -0.15) is 0 Å². The number of allylic oxidation sites excluding steroid dienone is 2. The van der Waals surface area contributed by atoms with Gasteiger partial charge in [0.05, 0.1) is 0 Å². The van der Waals surface area contributed by atoms with Gasteiger partial charge in [-0.1, -0.05) is 32.9 Å². The van der Waals surface area contributed by atoms with Crippen LogP contribution in [-0.2, 0) is 14.4 Å². The molecule has 5 nitrogen and oxygen atoms in total. The van der Waals surface area contributed by atoms with E-state index < -0.39 is 34.5 Å². The highest BCUT2D eigenvalue weighted by Crippen LogP contribution is 2.48. The normalized spacial score (nSPS) is 28.4. The number of ketones is 1. The van der Waals surface area contributed by atoms with Crippen molar-refractivity contribution >= 4 is 17.7 Å². The van der Waals surface area contributed by atoms with Gasteiger partial charge in [-0.15, -0.1) is 0 Å². The van der Waals surface area contributed by atoms with Gasteiger partial charge in [0.2, 0.25) is 5.41 Å². The minimum atomic E-state index is -2.39. The highest BCUT2D eigenvalue weighted by molar-refractivity contribution is 6.20. The van der Waals surface area contributed by atoms with Crippen LogP contribution in [-0.4, -0.2) is 27.9 Å². The molecule has 0 aromatic heterocycles. The molecule has 0 heterocycles. The minimum absolute atomic E-state index is 0.0251. The van der Waals surface area contributed by atoms with Crippen molar-refractivity contribution in [1.82, 2.24) is 0 Å². The molecule has 3 unspecified atom stereocenters. The van der Waals surface area contributed by atoms with E-state index >= 15 is 0 Å². The van der Waals surface area contributed by atoms with Crippen LogP contribution in [0.4, 0.5) is 0 Å². The van der Waals surface area contributed by atoms with Gasteiger partial charge in [0, 0.05) is 5.92 Å². The summed E-state index contributed by atoms with van der Waals surface area (Å²) in [6, 6.07) is 0. The van der Waals surface area contributed by atoms with Crippen LogP contribution in [0.1, 0.15) is 40.0 Å². The average Bonchev–Trinajstić information content (AvgIpc) is 2.37. The Balaban J connectivity index is 2.47. The monoisotopic (exact) mass is 294 g/mol. The summed E-state index contributed by atoms with van der Waals surface area (Å²) in [6.45, 7) is 4.51. The second-order valence-corrected chi connectivity index (χ2v) is 7.20. The van der Waals surface area contributed by atoms with E-state index in [1.807, 2.05) is 6.08 Å². The third-order valence-electron chi connectivity index (χ3n) is 5.05. The van der Waals surface area contributed by atoms with Crippen LogP contribution in [0.15, 0.2) is 12.2 Å². The van der Waals surface area contributed by atoms with E-state index in [1.54, 1.807) is 0 Å². The van der Waals surface area contributed by atoms with Crippen LogP contribution in [0.5, 0.6) is 0 Å². The first kappa shape index (κ1) is 15.7. The summed E-state index contributed by atoms with van der Waals surface area (Å²) in [7, 11) is 0. The summed E-state index contributed by atoms with van der Waals surface area (Å²) in [4.78, 5) is 36.5. The smallest absolute Gasteiger partial charge is 0.329 e. The number of hydrogen-bond acceptors (Lipinski definition) is 3. The second kappa shape index (κ2) is 4.97. The van der Waals surface area contributed by atoms with Gasteiger partial charge < -0.3 is 10.2 Å². The largest absolute Gasteiger partial charge is 0.480 e. The Hall–Kier alpha value is -1.65. The first-order chi connectivity index (χ1) is 9.62. The van der Waals surface area contributed by atoms with Crippen molar-refractivity contribution in [3.05, 3.63) is 12.2 Å². The van der Waals surface area contributed by atoms with Crippen molar-refractivity contribution in [3.63, 3.8) is 0 Å². The molecule has 0 spiro atoms. The van der Waals surface area contributed by atoms with E-state index in [9.17, 15) is 24.6 Å². The summed E-state index contributed by atoms with van der Waals surface area (Å²) in [5.74, 6) is -4.02. The molecule has 0 radical (unpaired) electrons. The molecule has 0 aromatic rings. The fraction of sp³-hybridized carbons (Fsp3) is 0.688. The zero-order valence-electron chi connectivity index (χ0n) is 12.6. The SMILES string of the molecule is CC(C)(C)C(C(=O)O)(C(=O)O)C(=O)C1CC2C=CC1CC2. The average molecular weight is 294 g/mol. The molecular weight excluding hydrogens is 272 g/mol. The molecule has 0 aromatic carbocycles. The van der Waals surface area contributed by atoms with Crippen molar-refractivity contribution in [2.75, 3.05) is 0 Å². The number of fused-ring (bicyclic) bond motifs is 2. The van der Waals surface area contributed by atoms with Crippen LogP contribution in [0.2, 0.25) is 0 Å². The first-order valence-corrected chi connectivity index (χ1v) is 7.31. The Morgan fingerprint density at radius 2 is 1.57 bits per heavy atom. The predicted octanol–water partition coefficient (Wildman–Crippen LogP) is 2.36. The van der Waals surface area contributed by atoms with Crippen LogP contribution in [0.25, 0.3) is 0 Å². The fourth-order valence-electron chi connectivity index (χ4n) is 3.82. The minimum Gasteiger partial charge on any atom is -0.480 e. The van der Waals surface area contributed by atoms with E-state index in [0.29, 0.717) is 6.42 Å². The molecule has 0 aliphatic heterocycles. The Bertz CT molecular complexity index is 497. The van der Waals surface area contributed by atoms with Crippen LogP contribution >= 0.6 is 0 Å². The van der Waals surface area contributed by atoms with Crippen LogP contribution in [0, 0.1) is 28.6 Å². The van der Waals surface area contributed by atoms with Crippen LogP contribution < -0.4 is 0 Å². The molecule has 116 valence electrons. The van der Waals surface area contributed by atoms with Crippen molar-refractivity contribution < 1.29 is 24.6 Å². The molecule has 3 atom stereocenters. The summed E-state index contributed by atoms with van der Waals surface area (Å²) in [6.07, 6.45) is 6.42. The molecule has 2 N–H and O–H groups in total. The molecule has 0 saturated heterocycles. The van der Waals surface area contributed by atoms with E-state index in [4.69, 9.17) is 0 Å². The fourth-order valence-corrected chi connectivity index (χ4v) is 3.82. The van der Waals surface area contributed by atoms with Gasteiger partial charge in [0.25, 0.3) is 0 Å². The molecule has 3 aliphatic rings. The lowest BCUT2D eigenvalue weighted by molar-refractivity contribution is -0.179. The summed E-state index contributed by atoms with van der Waals surface area (Å²) in [5.41, 5.74) is -3.58. The topological polar surface area (TPSA) is 91.7 Å². The number of hydrogen-bond donors (Lipinski definition) is 2. The lowest BCUT2D eigenvalue weighted by Crippen LogP contribution is -2.58. The highest BCUT2D eigenvalue weighted by atomic mass is 16.4. The molecule has 0 amide bonds. The maximum absolute atomic E-state index is 12.9. The number of carboxylic acids is 2. The number of carbonyl (C=O) groups is 3. The van der Waals surface area contributed by atoms with Crippen molar-refractivity contribution in [2.24, 2.45) is 28.6 Å². The summed E-state index contributed by atoms with van der Waals surface area (Å²) in [5, 5.41) is 19.2. The molecule has 21 heavy (non-hydrogen) atoms. The van der Waals surface area contributed by atoms with Gasteiger partial charge >= 0.3 is 11.9 Å². The van der Waals surface area contributed by atoms with E-state index in [1.165, 1.54) is 20.8 Å². The second-order valence-electron chi connectivity index (χ2n) is 7.20. The lowest BCUT2D eigenvalue weighted by Gasteiger charge is -2.43. The maximum atomic E-state index is 12.9. The van der Waals surface area contributed by atoms with Gasteiger partial charge in [0.15, 0.2) is 5.78 Å². The quantitative estimate of drug-likeness (QED) is 0.613.